The number of para-hydroxylation sites is 1. The molecule has 0 saturated heterocycles. The Hall–Kier alpha value is -2.26. The van der Waals surface area contributed by atoms with Crippen LogP contribution in [-0.4, -0.2) is 4.57 Å². The Kier molecular flexibility index (Phi) is 3.67. The first-order valence-corrected chi connectivity index (χ1v) is 6.99. The minimum absolute atomic E-state index is 0.0946. The molecule has 0 bridgehead atoms. The number of aryl methyl sites for hydroxylation is 1. The molecule has 1 heterocycles. The summed E-state index contributed by atoms with van der Waals surface area (Å²) in [6, 6.07) is 16.7. The molecule has 3 rings (SSSR count). The molecule has 4 heteroatoms. The van der Waals surface area contributed by atoms with Gasteiger partial charge in [0.25, 0.3) is 5.56 Å². The van der Waals surface area contributed by atoms with E-state index in [4.69, 9.17) is 16.3 Å². The fraction of sp³-hybridized carbons (Fsp3) is 0.118. The number of pyridine rings is 1. The lowest BCUT2D eigenvalue weighted by molar-refractivity contribution is 0.309. The molecule has 1 aromatic heterocycles. The van der Waals surface area contributed by atoms with E-state index in [0.717, 1.165) is 16.5 Å². The Labute approximate surface area is 127 Å². The molecule has 0 aliphatic heterocycles. The molecule has 0 fully saturated rings. The van der Waals surface area contributed by atoms with Gasteiger partial charge in [-0.05, 0) is 18.2 Å². The van der Waals surface area contributed by atoms with Gasteiger partial charge in [0.05, 0.1) is 5.52 Å². The van der Waals surface area contributed by atoms with Crippen molar-refractivity contribution in [3.63, 3.8) is 0 Å². The third-order valence-electron chi connectivity index (χ3n) is 3.46. The van der Waals surface area contributed by atoms with E-state index in [1.54, 1.807) is 11.6 Å². The van der Waals surface area contributed by atoms with Gasteiger partial charge in [-0.3, -0.25) is 4.79 Å². The Bertz CT molecular complexity index is 855. The van der Waals surface area contributed by atoms with Crippen molar-refractivity contribution >= 4 is 22.5 Å². The number of halogens is 1. The van der Waals surface area contributed by atoms with E-state index in [1.165, 1.54) is 6.07 Å². The Balaban J connectivity index is 2.00. The number of fused-ring (bicyclic) bond motifs is 1. The maximum absolute atomic E-state index is 12.0. The van der Waals surface area contributed by atoms with Crippen LogP contribution in [0, 0.1) is 0 Å². The normalized spacial score (nSPS) is 10.8. The molecule has 21 heavy (non-hydrogen) atoms. The summed E-state index contributed by atoms with van der Waals surface area (Å²) in [4.78, 5) is 12.0. The van der Waals surface area contributed by atoms with Crippen molar-refractivity contribution in [2.24, 2.45) is 7.05 Å². The highest BCUT2D eigenvalue weighted by molar-refractivity contribution is 6.31. The van der Waals surface area contributed by atoms with Crippen LogP contribution in [0.1, 0.15) is 5.56 Å². The van der Waals surface area contributed by atoms with Crippen LogP contribution in [0.5, 0.6) is 5.75 Å². The Morgan fingerprint density at radius 1 is 1.10 bits per heavy atom. The number of nitrogens with zero attached hydrogens (tertiary/aromatic N) is 1. The fourth-order valence-corrected chi connectivity index (χ4v) is 2.46. The van der Waals surface area contributed by atoms with Gasteiger partial charge in [-0.15, -0.1) is 0 Å². The molecular formula is C17H14ClNO2. The van der Waals surface area contributed by atoms with Crippen molar-refractivity contribution in [2.45, 2.75) is 6.61 Å². The van der Waals surface area contributed by atoms with Crippen molar-refractivity contribution < 1.29 is 4.74 Å². The van der Waals surface area contributed by atoms with Crippen LogP contribution in [0.3, 0.4) is 0 Å². The van der Waals surface area contributed by atoms with Crippen LogP contribution in [0.25, 0.3) is 10.9 Å². The summed E-state index contributed by atoms with van der Waals surface area (Å²) in [5.74, 6) is 0.577. The molecule has 2 aromatic carbocycles. The second kappa shape index (κ2) is 5.62. The predicted molar refractivity (Wildman–Crippen MR) is 85.0 cm³/mol. The highest BCUT2D eigenvalue weighted by atomic mass is 35.5. The van der Waals surface area contributed by atoms with E-state index in [2.05, 4.69) is 0 Å². The molecule has 3 nitrogen and oxygen atoms in total. The molecule has 106 valence electrons. The van der Waals surface area contributed by atoms with Crippen LogP contribution < -0.4 is 10.3 Å². The highest BCUT2D eigenvalue weighted by Gasteiger charge is 2.08. The third-order valence-corrected chi connectivity index (χ3v) is 3.83. The molecule has 0 radical (unpaired) electrons. The van der Waals surface area contributed by atoms with Crippen molar-refractivity contribution in [3.8, 4) is 5.75 Å². The molecule has 0 aliphatic carbocycles. The first-order valence-electron chi connectivity index (χ1n) is 6.62. The number of hydrogen-bond donors (Lipinski definition) is 0. The summed E-state index contributed by atoms with van der Waals surface area (Å²) in [6.45, 7) is 0.330. The quantitative estimate of drug-likeness (QED) is 0.737. The van der Waals surface area contributed by atoms with Gasteiger partial charge in [0.1, 0.15) is 12.4 Å². The van der Waals surface area contributed by atoms with Gasteiger partial charge in [-0.2, -0.15) is 0 Å². The van der Waals surface area contributed by atoms with Gasteiger partial charge >= 0.3 is 0 Å². The molecule has 0 atom stereocenters. The number of benzene rings is 2. The number of aromatic nitrogens is 1. The first kappa shape index (κ1) is 13.7. The highest BCUT2D eigenvalue weighted by Crippen LogP contribution is 2.25. The van der Waals surface area contributed by atoms with E-state index in [1.807, 2.05) is 48.5 Å². The first-order chi connectivity index (χ1) is 10.2. The van der Waals surface area contributed by atoms with Crippen molar-refractivity contribution in [1.82, 2.24) is 4.57 Å². The average molecular weight is 300 g/mol. The topological polar surface area (TPSA) is 31.2 Å². The van der Waals surface area contributed by atoms with E-state index in [9.17, 15) is 4.79 Å². The smallest absolute Gasteiger partial charge is 0.254 e. The van der Waals surface area contributed by atoms with Crippen LogP contribution in [0.4, 0.5) is 0 Å². The van der Waals surface area contributed by atoms with E-state index in [-0.39, 0.29) is 5.56 Å². The summed E-state index contributed by atoms with van der Waals surface area (Å²) in [7, 11) is 1.75. The molecule has 0 unspecified atom stereocenters. The van der Waals surface area contributed by atoms with Crippen LogP contribution >= 0.6 is 11.6 Å². The zero-order valence-electron chi connectivity index (χ0n) is 11.5. The van der Waals surface area contributed by atoms with Crippen molar-refractivity contribution in [3.05, 3.63) is 75.5 Å². The van der Waals surface area contributed by atoms with Crippen LogP contribution in [-0.2, 0) is 13.7 Å². The summed E-state index contributed by atoms with van der Waals surface area (Å²) < 4.78 is 7.43. The standard InChI is InChI=1S/C17H14ClNO2/c1-19-15-9-5-3-7-13(15)16(10-17(19)20)21-11-12-6-2-4-8-14(12)18/h2-10H,11H2,1H3. The minimum atomic E-state index is -0.0946. The number of hydrogen-bond acceptors (Lipinski definition) is 2. The van der Waals surface area contributed by atoms with Crippen molar-refractivity contribution in [2.75, 3.05) is 0 Å². The average Bonchev–Trinajstić information content (AvgIpc) is 2.51. The van der Waals surface area contributed by atoms with Gasteiger partial charge < -0.3 is 9.30 Å². The number of rotatable bonds is 3. The summed E-state index contributed by atoms with van der Waals surface area (Å²) in [5.41, 5.74) is 1.64. The Morgan fingerprint density at radius 3 is 2.62 bits per heavy atom. The monoisotopic (exact) mass is 299 g/mol. The fourth-order valence-electron chi connectivity index (χ4n) is 2.27. The van der Waals surface area contributed by atoms with Gasteiger partial charge in [-0.25, -0.2) is 0 Å². The van der Waals surface area contributed by atoms with E-state index < -0.39 is 0 Å². The van der Waals surface area contributed by atoms with Gasteiger partial charge in [0.2, 0.25) is 0 Å². The zero-order chi connectivity index (χ0) is 14.8. The Morgan fingerprint density at radius 2 is 1.81 bits per heavy atom. The second-order valence-corrected chi connectivity index (χ2v) is 5.21. The maximum atomic E-state index is 12.0. The van der Waals surface area contributed by atoms with Gasteiger partial charge in [-0.1, -0.05) is 41.9 Å². The lowest BCUT2D eigenvalue weighted by atomic mass is 10.2. The van der Waals surface area contributed by atoms with Crippen LogP contribution in [0.2, 0.25) is 5.02 Å². The third kappa shape index (κ3) is 2.65. The van der Waals surface area contributed by atoms with Crippen molar-refractivity contribution in [1.29, 1.82) is 0 Å². The predicted octanol–water partition coefficient (Wildman–Crippen LogP) is 3.77. The molecular weight excluding hydrogens is 286 g/mol. The largest absolute Gasteiger partial charge is 0.488 e. The SMILES string of the molecule is Cn1c(=O)cc(OCc2ccccc2Cl)c2ccccc21. The van der Waals surface area contributed by atoms with E-state index >= 15 is 0 Å². The molecule has 0 spiro atoms. The van der Waals surface area contributed by atoms with E-state index in [0.29, 0.717) is 17.4 Å². The number of ether oxygens (including phenoxy) is 1. The summed E-state index contributed by atoms with van der Waals surface area (Å²) in [5, 5.41) is 1.57. The minimum Gasteiger partial charge on any atom is -0.488 e. The molecule has 0 saturated carbocycles. The molecule has 0 N–H and O–H groups in total. The lowest BCUT2D eigenvalue weighted by Crippen LogP contribution is -2.16. The molecule has 0 amide bonds. The zero-order valence-corrected chi connectivity index (χ0v) is 12.3. The van der Waals surface area contributed by atoms with Gasteiger partial charge in [0.15, 0.2) is 0 Å². The molecule has 0 aliphatic rings. The summed E-state index contributed by atoms with van der Waals surface area (Å²) >= 11 is 6.12. The molecule has 3 aromatic rings. The lowest BCUT2D eigenvalue weighted by Gasteiger charge is -2.12. The second-order valence-electron chi connectivity index (χ2n) is 4.80. The summed E-state index contributed by atoms with van der Waals surface area (Å²) in [6.07, 6.45) is 0. The van der Waals surface area contributed by atoms with Gasteiger partial charge in [0, 0.05) is 29.1 Å². The maximum Gasteiger partial charge on any atom is 0.254 e. The van der Waals surface area contributed by atoms with Crippen LogP contribution in [0.15, 0.2) is 59.4 Å².